The Morgan fingerprint density at radius 1 is 0.962 bits per heavy atom. The molecule has 2 aromatic carbocycles. The van der Waals surface area contributed by atoms with Crippen LogP contribution in [0.4, 0.5) is 0 Å². The summed E-state index contributed by atoms with van der Waals surface area (Å²) in [6.07, 6.45) is 3.56. The van der Waals surface area contributed by atoms with E-state index in [4.69, 9.17) is 10.7 Å². The molecule has 4 rings (SSSR count). The maximum Gasteiger partial charge on any atom is 0.110 e. The molecular weight excluding hydrogens is 320 g/mol. The van der Waals surface area contributed by atoms with E-state index >= 15 is 0 Å². The van der Waals surface area contributed by atoms with Gasteiger partial charge < -0.3 is 15.2 Å². The van der Waals surface area contributed by atoms with Crippen LogP contribution in [-0.2, 0) is 13.0 Å². The lowest BCUT2D eigenvalue weighted by molar-refractivity contribution is 0.187. The number of imidazole rings is 1. The van der Waals surface area contributed by atoms with Crippen LogP contribution in [0.15, 0.2) is 54.6 Å². The lowest BCUT2D eigenvalue weighted by Crippen LogP contribution is -2.37. The first-order valence-corrected chi connectivity index (χ1v) is 9.74. The van der Waals surface area contributed by atoms with Crippen LogP contribution < -0.4 is 5.73 Å². The Morgan fingerprint density at radius 3 is 2.46 bits per heavy atom. The molecule has 4 heteroatoms. The monoisotopic (exact) mass is 348 g/mol. The van der Waals surface area contributed by atoms with Crippen molar-refractivity contribution in [3.05, 3.63) is 66.0 Å². The van der Waals surface area contributed by atoms with Gasteiger partial charge in [0.1, 0.15) is 5.82 Å². The van der Waals surface area contributed by atoms with Gasteiger partial charge in [-0.05, 0) is 49.5 Å². The molecule has 0 bridgehead atoms. The molecule has 2 heterocycles. The van der Waals surface area contributed by atoms with Gasteiger partial charge in [-0.25, -0.2) is 4.98 Å². The molecule has 2 N–H and O–H groups in total. The summed E-state index contributed by atoms with van der Waals surface area (Å²) in [5.74, 6) is 1.95. The summed E-state index contributed by atoms with van der Waals surface area (Å²) in [5.41, 5.74) is 9.38. The van der Waals surface area contributed by atoms with E-state index in [-0.39, 0.29) is 0 Å². The molecule has 0 atom stereocenters. The molecule has 0 unspecified atom stereocenters. The van der Waals surface area contributed by atoms with Gasteiger partial charge in [-0.3, -0.25) is 0 Å². The summed E-state index contributed by atoms with van der Waals surface area (Å²) >= 11 is 0. The highest BCUT2D eigenvalue weighted by Gasteiger charge is 2.21. The summed E-state index contributed by atoms with van der Waals surface area (Å²) in [6, 6.07) is 19.2. The van der Waals surface area contributed by atoms with Crippen molar-refractivity contribution in [2.24, 2.45) is 11.7 Å². The highest BCUT2D eigenvalue weighted by atomic mass is 15.1. The van der Waals surface area contributed by atoms with Gasteiger partial charge in [-0.1, -0.05) is 42.5 Å². The second kappa shape index (κ2) is 8.02. The van der Waals surface area contributed by atoms with E-state index in [1.807, 2.05) is 0 Å². The SMILES string of the molecule is NCCN1CCC(Cc2nc3ccccc3n2Cc2ccccc2)CC1. The first-order valence-electron chi connectivity index (χ1n) is 9.74. The van der Waals surface area contributed by atoms with Crippen LogP contribution in [-0.4, -0.2) is 40.6 Å². The van der Waals surface area contributed by atoms with E-state index in [1.165, 1.54) is 42.8 Å². The van der Waals surface area contributed by atoms with Gasteiger partial charge in [0, 0.05) is 26.1 Å². The summed E-state index contributed by atoms with van der Waals surface area (Å²) in [4.78, 5) is 7.48. The Labute approximate surface area is 155 Å². The molecule has 1 aliphatic rings. The fourth-order valence-electron chi connectivity index (χ4n) is 4.08. The summed E-state index contributed by atoms with van der Waals surface area (Å²) in [6.45, 7) is 5.01. The maximum atomic E-state index is 5.70. The predicted molar refractivity (Wildman–Crippen MR) is 107 cm³/mol. The van der Waals surface area contributed by atoms with Crippen molar-refractivity contribution >= 4 is 11.0 Å². The van der Waals surface area contributed by atoms with Crippen LogP contribution >= 0.6 is 0 Å². The Balaban J connectivity index is 1.56. The van der Waals surface area contributed by atoms with Crippen molar-refractivity contribution in [3.63, 3.8) is 0 Å². The minimum atomic E-state index is 0.718. The van der Waals surface area contributed by atoms with Gasteiger partial charge in [-0.2, -0.15) is 0 Å². The minimum absolute atomic E-state index is 0.718. The van der Waals surface area contributed by atoms with E-state index in [0.717, 1.165) is 37.5 Å². The molecular formula is C22H28N4. The van der Waals surface area contributed by atoms with E-state index < -0.39 is 0 Å². The molecule has 1 aromatic heterocycles. The van der Waals surface area contributed by atoms with Crippen molar-refractivity contribution in [2.75, 3.05) is 26.2 Å². The third kappa shape index (κ3) is 3.81. The smallest absolute Gasteiger partial charge is 0.110 e. The van der Waals surface area contributed by atoms with E-state index in [1.54, 1.807) is 0 Å². The van der Waals surface area contributed by atoms with Crippen molar-refractivity contribution in [1.29, 1.82) is 0 Å². The number of likely N-dealkylation sites (tertiary alicyclic amines) is 1. The lowest BCUT2D eigenvalue weighted by atomic mass is 9.93. The number of benzene rings is 2. The number of hydrogen-bond acceptors (Lipinski definition) is 3. The second-order valence-corrected chi connectivity index (χ2v) is 7.37. The van der Waals surface area contributed by atoms with Crippen LogP contribution in [0.1, 0.15) is 24.2 Å². The van der Waals surface area contributed by atoms with Crippen LogP contribution in [0.25, 0.3) is 11.0 Å². The molecule has 0 aliphatic carbocycles. The van der Waals surface area contributed by atoms with E-state index in [0.29, 0.717) is 0 Å². The third-order valence-corrected chi connectivity index (χ3v) is 5.54. The largest absolute Gasteiger partial charge is 0.329 e. The minimum Gasteiger partial charge on any atom is -0.329 e. The van der Waals surface area contributed by atoms with Crippen molar-refractivity contribution in [1.82, 2.24) is 14.5 Å². The van der Waals surface area contributed by atoms with Crippen molar-refractivity contribution in [3.8, 4) is 0 Å². The number of rotatable bonds is 6. The zero-order valence-electron chi connectivity index (χ0n) is 15.3. The Morgan fingerprint density at radius 2 is 1.69 bits per heavy atom. The Hall–Kier alpha value is -2.17. The van der Waals surface area contributed by atoms with Gasteiger partial charge in [0.2, 0.25) is 0 Å². The highest BCUT2D eigenvalue weighted by molar-refractivity contribution is 5.76. The molecule has 1 saturated heterocycles. The fourth-order valence-corrected chi connectivity index (χ4v) is 4.08. The van der Waals surface area contributed by atoms with Crippen LogP contribution in [0.3, 0.4) is 0 Å². The Kier molecular flexibility index (Phi) is 5.32. The first-order chi connectivity index (χ1) is 12.8. The molecule has 1 aliphatic heterocycles. The molecule has 0 radical (unpaired) electrons. The van der Waals surface area contributed by atoms with Gasteiger partial charge >= 0.3 is 0 Å². The zero-order valence-corrected chi connectivity index (χ0v) is 15.3. The molecule has 0 saturated carbocycles. The van der Waals surface area contributed by atoms with E-state index in [2.05, 4.69) is 64.1 Å². The molecule has 136 valence electrons. The lowest BCUT2D eigenvalue weighted by Gasteiger charge is -2.31. The highest BCUT2D eigenvalue weighted by Crippen LogP contribution is 2.25. The summed E-state index contributed by atoms with van der Waals surface area (Å²) in [5, 5.41) is 0. The van der Waals surface area contributed by atoms with Crippen molar-refractivity contribution < 1.29 is 0 Å². The normalized spacial score (nSPS) is 16.3. The molecule has 1 fully saturated rings. The first kappa shape index (κ1) is 17.3. The topological polar surface area (TPSA) is 47.1 Å². The van der Waals surface area contributed by atoms with Crippen LogP contribution in [0.5, 0.6) is 0 Å². The number of fused-ring (bicyclic) bond motifs is 1. The second-order valence-electron chi connectivity index (χ2n) is 7.37. The number of para-hydroxylation sites is 2. The zero-order chi connectivity index (χ0) is 17.8. The van der Waals surface area contributed by atoms with Crippen molar-refractivity contribution in [2.45, 2.75) is 25.8 Å². The van der Waals surface area contributed by atoms with Crippen LogP contribution in [0, 0.1) is 5.92 Å². The standard InChI is InChI=1S/C22H28N4/c23-12-15-25-13-10-18(11-14-25)16-22-24-20-8-4-5-9-21(20)26(22)17-19-6-2-1-3-7-19/h1-9,18H,10-17,23H2. The average Bonchev–Trinajstić information content (AvgIpc) is 3.02. The number of hydrogen-bond donors (Lipinski definition) is 1. The summed E-state index contributed by atoms with van der Waals surface area (Å²) in [7, 11) is 0. The van der Waals surface area contributed by atoms with Gasteiger partial charge in [0.25, 0.3) is 0 Å². The number of nitrogens with zero attached hydrogens (tertiary/aromatic N) is 3. The Bertz CT molecular complexity index is 832. The summed E-state index contributed by atoms with van der Waals surface area (Å²) < 4.78 is 2.41. The van der Waals surface area contributed by atoms with Gasteiger partial charge in [0.05, 0.1) is 11.0 Å². The average molecular weight is 348 g/mol. The fraction of sp³-hybridized carbons (Fsp3) is 0.409. The predicted octanol–water partition coefficient (Wildman–Crippen LogP) is 3.30. The molecule has 0 amide bonds. The third-order valence-electron chi connectivity index (χ3n) is 5.54. The number of piperidine rings is 1. The molecule has 0 spiro atoms. The number of nitrogens with two attached hydrogens (primary N) is 1. The molecule has 26 heavy (non-hydrogen) atoms. The van der Waals surface area contributed by atoms with Gasteiger partial charge in [-0.15, -0.1) is 0 Å². The molecule has 4 nitrogen and oxygen atoms in total. The van der Waals surface area contributed by atoms with E-state index in [9.17, 15) is 0 Å². The molecule has 3 aromatic rings. The quantitative estimate of drug-likeness (QED) is 0.743. The maximum absolute atomic E-state index is 5.70. The number of aromatic nitrogens is 2. The van der Waals surface area contributed by atoms with Crippen LogP contribution in [0.2, 0.25) is 0 Å². The van der Waals surface area contributed by atoms with Gasteiger partial charge in [0.15, 0.2) is 0 Å².